The van der Waals surface area contributed by atoms with Crippen molar-refractivity contribution in [3.63, 3.8) is 0 Å². The molecule has 37 heavy (non-hydrogen) atoms. The fourth-order valence-electron chi connectivity index (χ4n) is 3.77. The molecular formula is C31H32N6. The van der Waals surface area contributed by atoms with E-state index in [4.69, 9.17) is 0 Å². The van der Waals surface area contributed by atoms with Gasteiger partial charge in [-0.3, -0.25) is 4.99 Å². The lowest BCUT2D eigenvalue weighted by Crippen LogP contribution is -2.21. The molecule has 0 saturated carbocycles. The van der Waals surface area contributed by atoms with Crippen LogP contribution in [-0.4, -0.2) is 19.3 Å². The average Bonchev–Trinajstić information content (AvgIpc) is 2.93. The second kappa shape index (κ2) is 12.5. The van der Waals surface area contributed by atoms with Crippen LogP contribution < -0.4 is 4.90 Å². The average molecular weight is 489 g/mol. The van der Waals surface area contributed by atoms with Gasteiger partial charge in [0.15, 0.2) is 0 Å². The number of benzene rings is 4. The van der Waals surface area contributed by atoms with Gasteiger partial charge >= 0.3 is 0 Å². The summed E-state index contributed by atoms with van der Waals surface area (Å²) in [6.45, 7) is 10.3. The van der Waals surface area contributed by atoms with Gasteiger partial charge in [-0.1, -0.05) is 29.8 Å². The Morgan fingerprint density at radius 3 is 1.68 bits per heavy atom. The zero-order valence-electron chi connectivity index (χ0n) is 21.8. The lowest BCUT2D eigenvalue weighted by molar-refractivity contribution is 0.866. The van der Waals surface area contributed by atoms with Gasteiger partial charge in [0.05, 0.1) is 28.4 Å². The van der Waals surface area contributed by atoms with Crippen molar-refractivity contribution in [2.75, 3.05) is 18.0 Å². The van der Waals surface area contributed by atoms with E-state index in [1.165, 1.54) is 11.3 Å². The summed E-state index contributed by atoms with van der Waals surface area (Å²) >= 11 is 0. The van der Waals surface area contributed by atoms with E-state index in [2.05, 4.69) is 63.3 Å². The fraction of sp³-hybridized carbons (Fsp3) is 0.194. The molecule has 0 N–H and O–H groups in total. The monoisotopic (exact) mass is 488 g/mol. The van der Waals surface area contributed by atoms with Crippen LogP contribution in [-0.2, 0) is 0 Å². The van der Waals surface area contributed by atoms with Crippen LogP contribution in [0.15, 0.2) is 116 Å². The van der Waals surface area contributed by atoms with E-state index >= 15 is 0 Å². The van der Waals surface area contributed by atoms with Crippen molar-refractivity contribution in [3.05, 3.63) is 108 Å². The Labute approximate surface area is 219 Å². The predicted octanol–water partition coefficient (Wildman–Crippen LogP) is 9.73. The minimum absolute atomic E-state index is 0.795. The first-order valence-corrected chi connectivity index (χ1v) is 12.5. The zero-order chi connectivity index (χ0) is 26.0. The van der Waals surface area contributed by atoms with Gasteiger partial charge in [0.1, 0.15) is 0 Å². The van der Waals surface area contributed by atoms with Gasteiger partial charge in [0, 0.05) is 25.0 Å². The maximum atomic E-state index is 4.61. The highest BCUT2D eigenvalue weighted by atomic mass is 15.1. The molecule has 0 saturated heterocycles. The Hall–Kier alpha value is -4.45. The van der Waals surface area contributed by atoms with Crippen LogP contribution in [0.4, 0.5) is 34.1 Å². The van der Waals surface area contributed by atoms with Crippen molar-refractivity contribution in [2.24, 2.45) is 25.4 Å². The summed E-state index contributed by atoms with van der Waals surface area (Å²) in [5.41, 5.74) is 8.57. The Morgan fingerprint density at radius 1 is 0.595 bits per heavy atom. The third kappa shape index (κ3) is 7.27. The second-order valence-corrected chi connectivity index (χ2v) is 8.74. The maximum Gasteiger partial charge on any atom is 0.0887 e. The molecule has 0 unspecified atom stereocenters. The summed E-state index contributed by atoms with van der Waals surface area (Å²) in [6.07, 6.45) is 1.84. The van der Waals surface area contributed by atoms with Crippen LogP contribution in [0, 0.1) is 13.8 Å². The molecule has 4 aromatic rings. The normalized spacial score (nSPS) is 11.7. The van der Waals surface area contributed by atoms with E-state index in [1.54, 1.807) is 0 Å². The molecule has 0 aliphatic heterocycles. The molecule has 0 aliphatic rings. The number of aryl methyl sites for hydroxylation is 2. The third-order valence-corrected chi connectivity index (χ3v) is 6.00. The molecule has 0 fully saturated rings. The van der Waals surface area contributed by atoms with E-state index in [1.807, 2.05) is 92.0 Å². The minimum atomic E-state index is 0.795. The quantitative estimate of drug-likeness (QED) is 0.171. The molecule has 4 aromatic carbocycles. The SMILES string of the molecule is CCN(CC)c1ccc(N=Nc2ccc(C=Nc3ccc(N=Nc4ccc(C)cc4)c(C)c3)cc2)cc1. The Bertz CT molecular complexity index is 1380. The smallest absolute Gasteiger partial charge is 0.0887 e. The molecule has 0 radical (unpaired) electrons. The summed E-state index contributed by atoms with van der Waals surface area (Å²) in [7, 11) is 0. The number of rotatable bonds is 9. The molecule has 6 heteroatoms. The molecular weight excluding hydrogens is 456 g/mol. The van der Waals surface area contributed by atoms with Gasteiger partial charge < -0.3 is 4.90 Å². The second-order valence-electron chi connectivity index (χ2n) is 8.74. The number of anilines is 1. The fourth-order valence-corrected chi connectivity index (χ4v) is 3.77. The molecule has 186 valence electrons. The van der Waals surface area contributed by atoms with Crippen molar-refractivity contribution in [1.82, 2.24) is 0 Å². The van der Waals surface area contributed by atoms with Gasteiger partial charge in [-0.05, 0) is 106 Å². The van der Waals surface area contributed by atoms with E-state index in [0.717, 1.165) is 52.7 Å². The summed E-state index contributed by atoms with van der Waals surface area (Å²) in [5.74, 6) is 0. The molecule has 0 aromatic heterocycles. The summed E-state index contributed by atoms with van der Waals surface area (Å²) < 4.78 is 0. The molecule has 0 heterocycles. The highest BCUT2D eigenvalue weighted by molar-refractivity contribution is 5.82. The molecule has 0 bridgehead atoms. The number of nitrogens with zero attached hydrogens (tertiary/aromatic N) is 6. The van der Waals surface area contributed by atoms with Crippen molar-refractivity contribution < 1.29 is 0 Å². The van der Waals surface area contributed by atoms with Crippen molar-refractivity contribution in [3.8, 4) is 0 Å². The first-order valence-electron chi connectivity index (χ1n) is 12.5. The number of hydrogen-bond acceptors (Lipinski definition) is 6. The Morgan fingerprint density at radius 2 is 1.11 bits per heavy atom. The van der Waals surface area contributed by atoms with Gasteiger partial charge in [0.25, 0.3) is 0 Å². The largest absolute Gasteiger partial charge is 0.372 e. The first kappa shape index (κ1) is 25.6. The van der Waals surface area contributed by atoms with Crippen molar-refractivity contribution >= 4 is 40.3 Å². The molecule has 0 amide bonds. The van der Waals surface area contributed by atoms with E-state index in [0.29, 0.717) is 0 Å². The minimum Gasteiger partial charge on any atom is -0.372 e. The standard InChI is InChI=1S/C31H32N6/c1-5-37(6-2)30-18-15-28(16-19-30)34-33-27-13-9-25(10-14-27)22-32-29-17-20-31(24(4)21-29)36-35-26-11-7-23(3)8-12-26/h7-22H,5-6H2,1-4H3. The zero-order valence-corrected chi connectivity index (χ0v) is 21.8. The molecule has 6 nitrogen and oxygen atoms in total. The van der Waals surface area contributed by atoms with Crippen molar-refractivity contribution in [2.45, 2.75) is 27.7 Å². The predicted molar refractivity (Wildman–Crippen MR) is 154 cm³/mol. The first-order chi connectivity index (χ1) is 18.0. The van der Waals surface area contributed by atoms with Crippen LogP contribution in [0.2, 0.25) is 0 Å². The Balaban J connectivity index is 1.36. The van der Waals surface area contributed by atoms with Gasteiger partial charge in [-0.25, -0.2) is 0 Å². The van der Waals surface area contributed by atoms with Crippen LogP contribution in [0.5, 0.6) is 0 Å². The lowest BCUT2D eigenvalue weighted by atomic mass is 10.2. The highest BCUT2D eigenvalue weighted by Crippen LogP contribution is 2.27. The summed E-state index contributed by atoms with van der Waals surface area (Å²) in [6, 6.07) is 29.9. The molecule has 0 aliphatic carbocycles. The topological polar surface area (TPSA) is 65.0 Å². The summed E-state index contributed by atoms with van der Waals surface area (Å²) in [5, 5.41) is 17.4. The molecule has 4 rings (SSSR count). The maximum absolute atomic E-state index is 4.61. The van der Waals surface area contributed by atoms with E-state index < -0.39 is 0 Å². The van der Waals surface area contributed by atoms with Crippen LogP contribution >= 0.6 is 0 Å². The number of azo groups is 2. The molecule has 0 spiro atoms. The van der Waals surface area contributed by atoms with Gasteiger partial charge in [0.2, 0.25) is 0 Å². The third-order valence-electron chi connectivity index (χ3n) is 6.00. The highest BCUT2D eigenvalue weighted by Gasteiger charge is 2.02. The number of hydrogen-bond donors (Lipinski definition) is 0. The van der Waals surface area contributed by atoms with Gasteiger partial charge in [-0.2, -0.15) is 20.5 Å². The van der Waals surface area contributed by atoms with Crippen molar-refractivity contribution in [1.29, 1.82) is 0 Å². The number of aliphatic imine (C=N–C) groups is 1. The van der Waals surface area contributed by atoms with Crippen LogP contribution in [0.3, 0.4) is 0 Å². The van der Waals surface area contributed by atoms with Gasteiger partial charge in [-0.15, -0.1) is 0 Å². The van der Waals surface area contributed by atoms with Crippen LogP contribution in [0.1, 0.15) is 30.5 Å². The van der Waals surface area contributed by atoms with E-state index in [-0.39, 0.29) is 0 Å². The lowest BCUT2D eigenvalue weighted by Gasteiger charge is -2.20. The summed E-state index contributed by atoms with van der Waals surface area (Å²) in [4.78, 5) is 6.91. The Kier molecular flexibility index (Phi) is 8.66. The van der Waals surface area contributed by atoms with Crippen LogP contribution in [0.25, 0.3) is 0 Å². The molecule has 0 atom stereocenters. The van der Waals surface area contributed by atoms with E-state index in [9.17, 15) is 0 Å².